The van der Waals surface area contributed by atoms with Gasteiger partial charge in [0.05, 0.1) is 11.3 Å². The number of sulfone groups is 1. The maximum absolute atomic E-state index is 12.8. The molecule has 0 aromatic rings. The molecule has 0 aromatic heterocycles. The molecule has 10 heteroatoms. The summed E-state index contributed by atoms with van der Waals surface area (Å²) in [6.45, 7) is 3.24. The van der Waals surface area contributed by atoms with Crippen molar-refractivity contribution in [3.05, 3.63) is 0 Å². The molecule has 0 aliphatic carbocycles. The van der Waals surface area contributed by atoms with E-state index in [2.05, 4.69) is 6.92 Å². The Balaban J connectivity index is 4.81. The maximum Gasteiger partial charge on any atom is 0.303 e. The lowest BCUT2D eigenvalue weighted by Gasteiger charge is -2.27. The summed E-state index contributed by atoms with van der Waals surface area (Å²) in [4.78, 5) is 10.8. The summed E-state index contributed by atoms with van der Waals surface area (Å²) in [7, 11) is -4.44. The predicted molar refractivity (Wildman–Crippen MR) is 117 cm³/mol. The molecule has 29 heavy (non-hydrogen) atoms. The fourth-order valence-corrected chi connectivity index (χ4v) is 6.36. The molecule has 0 aliphatic heterocycles. The van der Waals surface area contributed by atoms with Gasteiger partial charge < -0.3 is 9.66 Å². The van der Waals surface area contributed by atoms with Crippen LogP contribution in [0.15, 0.2) is 0 Å². The Hall–Kier alpha value is -0.890. The van der Waals surface area contributed by atoms with Crippen LogP contribution < -0.4 is 0 Å². The van der Waals surface area contributed by atoms with Crippen molar-refractivity contribution in [3.63, 3.8) is 0 Å². The minimum absolute atomic E-state index is 0.0739. The number of unbranched alkanes of at least 4 members (excludes halogenated alkanes) is 8. The zero-order valence-electron chi connectivity index (χ0n) is 17.2. The number of nitrogens with zero attached hydrogens (tertiary/aromatic N) is 1. The Labute approximate surface area is 182 Å². The lowest BCUT2D eigenvalue weighted by molar-refractivity contribution is -0.137. The van der Waals surface area contributed by atoms with E-state index in [1.807, 2.05) is 0 Å². The van der Waals surface area contributed by atoms with E-state index in [4.69, 9.17) is 17.3 Å². The van der Waals surface area contributed by atoms with Gasteiger partial charge in [0.1, 0.15) is 4.20 Å². The summed E-state index contributed by atoms with van der Waals surface area (Å²) in [5.41, 5.74) is 0. The van der Waals surface area contributed by atoms with Crippen LogP contribution in [0.3, 0.4) is 0 Å². The number of hydrogen-bond donors (Lipinski definition) is 1. The number of aliphatic carboxylic acids is 1. The van der Waals surface area contributed by atoms with Crippen molar-refractivity contribution in [2.24, 2.45) is 0 Å². The highest BCUT2D eigenvalue weighted by Gasteiger charge is 2.44. The SMILES string of the molecule is CCCCCCCCCCCC(C(=S)S(=O)(=O)C(C)(C#N)CCC(=O)O)S(=O)[O-]. The summed E-state index contributed by atoms with van der Waals surface area (Å²) in [5.74, 6) is -1.24. The summed E-state index contributed by atoms with van der Waals surface area (Å²) >= 11 is 2.22. The van der Waals surface area contributed by atoms with Gasteiger partial charge in [-0.1, -0.05) is 76.9 Å². The molecule has 0 bridgehead atoms. The van der Waals surface area contributed by atoms with Gasteiger partial charge >= 0.3 is 5.97 Å². The largest absolute Gasteiger partial charge is 0.772 e. The second-order valence-electron chi connectivity index (χ2n) is 7.43. The molecule has 0 heterocycles. The molecule has 0 aliphatic rings. The highest BCUT2D eigenvalue weighted by molar-refractivity contribution is 8.19. The number of nitriles is 1. The molecule has 3 unspecified atom stereocenters. The average Bonchev–Trinajstić information content (AvgIpc) is 2.66. The molecule has 0 saturated carbocycles. The molecule has 0 spiro atoms. The smallest absolute Gasteiger partial charge is 0.303 e. The highest BCUT2D eigenvalue weighted by Crippen LogP contribution is 2.28. The normalized spacial score (nSPS) is 15.8. The van der Waals surface area contributed by atoms with Crippen LogP contribution in [0.2, 0.25) is 0 Å². The van der Waals surface area contributed by atoms with Crippen LogP contribution in [0.4, 0.5) is 0 Å². The first-order chi connectivity index (χ1) is 13.5. The molecule has 3 atom stereocenters. The third-order valence-electron chi connectivity index (χ3n) is 4.98. The fourth-order valence-electron chi connectivity index (χ4n) is 2.92. The molecule has 7 nitrogen and oxygen atoms in total. The lowest BCUT2D eigenvalue weighted by atomic mass is 10.1. The van der Waals surface area contributed by atoms with Crippen molar-refractivity contribution in [3.8, 4) is 6.07 Å². The van der Waals surface area contributed by atoms with Gasteiger partial charge in [0.2, 0.25) is 9.84 Å². The Bertz CT molecular complexity index is 701. The highest BCUT2D eigenvalue weighted by atomic mass is 32.2. The van der Waals surface area contributed by atoms with Crippen molar-refractivity contribution >= 4 is 43.3 Å². The molecule has 0 amide bonds. The molecule has 1 N–H and O–H groups in total. The zero-order valence-corrected chi connectivity index (χ0v) is 19.7. The number of hydrogen-bond acceptors (Lipinski definition) is 7. The summed E-state index contributed by atoms with van der Waals surface area (Å²) in [5, 5.41) is 16.7. The van der Waals surface area contributed by atoms with Crippen LogP contribution in [0.25, 0.3) is 0 Å². The van der Waals surface area contributed by atoms with Gasteiger partial charge in [-0.25, -0.2) is 8.42 Å². The topological polar surface area (TPSA) is 135 Å². The Kier molecular flexibility index (Phi) is 13.7. The second-order valence-corrected chi connectivity index (χ2v) is 11.6. The first kappa shape index (κ1) is 28.1. The Morgan fingerprint density at radius 3 is 2.07 bits per heavy atom. The third kappa shape index (κ3) is 9.64. The fraction of sp³-hybridized carbons (Fsp3) is 0.842. The van der Waals surface area contributed by atoms with Crippen molar-refractivity contribution in [1.82, 2.24) is 0 Å². The predicted octanol–water partition coefficient (Wildman–Crippen LogP) is 4.04. The molecular weight excluding hydrogens is 434 g/mol. The molecule has 0 rings (SSSR count). The lowest BCUT2D eigenvalue weighted by Crippen LogP contribution is -2.43. The number of thiocarbonyl (C=S) groups is 1. The van der Waals surface area contributed by atoms with Gasteiger partial charge in [-0.05, 0) is 30.8 Å². The number of rotatable bonds is 16. The van der Waals surface area contributed by atoms with Crippen molar-refractivity contribution < 1.29 is 27.1 Å². The molecule has 168 valence electrons. The quantitative estimate of drug-likeness (QED) is 0.204. The molecule has 0 aromatic carbocycles. The molecular formula is C19H32NO6S3-. The van der Waals surface area contributed by atoms with Crippen molar-refractivity contribution in [2.45, 2.75) is 101 Å². The number of carboxylic acids is 1. The zero-order chi connectivity index (χ0) is 22.5. The number of carboxylic acid groups (broad SMARTS) is 1. The Morgan fingerprint density at radius 1 is 1.17 bits per heavy atom. The summed E-state index contributed by atoms with van der Waals surface area (Å²) in [6, 6.07) is 1.61. The molecule has 0 radical (unpaired) electrons. The second kappa shape index (κ2) is 14.2. The minimum Gasteiger partial charge on any atom is -0.772 e. The van der Waals surface area contributed by atoms with Crippen LogP contribution in [0.1, 0.15) is 90.9 Å². The van der Waals surface area contributed by atoms with Crippen LogP contribution >= 0.6 is 12.2 Å². The minimum atomic E-state index is -4.44. The summed E-state index contributed by atoms with van der Waals surface area (Å²) < 4.78 is 46.0. The van der Waals surface area contributed by atoms with E-state index >= 15 is 0 Å². The van der Waals surface area contributed by atoms with Gasteiger partial charge in [-0.15, -0.1) is 0 Å². The third-order valence-corrected chi connectivity index (χ3v) is 9.45. The van der Waals surface area contributed by atoms with E-state index in [1.54, 1.807) is 6.07 Å². The van der Waals surface area contributed by atoms with Gasteiger partial charge in [-0.3, -0.25) is 9.00 Å². The van der Waals surface area contributed by atoms with E-state index in [-0.39, 0.29) is 6.42 Å². The van der Waals surface area contributed by atoms with Crippen molar-refractivity contribution in [2.75, 3.05) is 0 Å². The van der Waals surface area contributed by atoms with Crippen LogP contribution in [0, 0.1) is 11.3 Å². The van der Waals surface area contributed by atoms with E-state index in [9.17, 15) is 27.2 Å². The average molecular weight is 467 g/mol. The monoisotopic (exact) mass is 466 g/mol. The summed E-state index contributed by atoms with van der Waals surface area (Å²) in [6.07, 6.45) is 8.34. The first-order valence-electron chi connectivity index (χ1n) is 10.0. The maximum atomic E-state index is 12.8. The van der Waals surface area contributed by atoms with E-state index < -0.39 is 53.9 Å². The van der Waals surface area contributed by atoms with E-state index in [0.717, 1.165) is 32.6 Å². The van der Waals surface area contributed by atoms with E-state index in [0.29, 0.717) is 6.42 Å². The standard InChI is InChI=1S/C19H33NO6S3/c1-3-4-5-6-7-8-9-10-11-12-16(28(23)24)18(27)29(25,26)19(2,15-20)14-13-17(21)22/h16H,3-14H2,1-2H3,(H,21,22)(H,23,24)/p-1. The van der Waals surface area contributed by atoms with Gasteiger partial charge in [0.15, 0.2) is 4.75 Å². The van der Waals surface area contributed by atoms with Crippen LogP contribution in [0.5, 0.6) is 0 Å². The Morgan fingerprint density at radius 2 is 1.66 bits per heavy atom. The van der Waals surface area contributed by atoms with Crippen LogP contribution in [-0.2, 0) is 25.7 Å². The first-order valence-corrected chi connectivity index (χ1v) is 13.1. The molecule has 0 saturated heterocycles. The van der Waals surface area contributed by atoms with Gasteiger partial charge in [0, 0.05) is 6.42 Å². The van der Waals surface area contributed by atoms with Crippen molar-refractivity contribution in [1.29, 1.82) is 5.26 Å². The van der Waals surface area contributed by atoms with Gasteiger partial charge in [-0.2, -0.15) is 5.26 Å². The number of carbonyl (C=O) groups is 1. The van der Waals surface area contributed by atoms with Crippen LogP contribution in [-0.4, -0.2) is 42.4 Å². The molecule has 0 fully saturated rings. The van der Waals surface area contributed by atoms with Gasteiger partial charge in [0.25, 0.3) is 0 Å². The van der Waals surface area contributed by atoms with E-state index in [1.165, 1.54) is 25.7 Å².